The zero-order valence-electron chi connectivity index (χ0n) is 10.7. The third-order valence-electron chi connectivity index (χ3n) is 3.55. The summed E-state index contributed by atoms with van der Waals surface area (Å²) in [7, 11) is 0. The van der Waals surface area contributed by atoms with Crippen LogP contribution in [0.2, 0.25) is 5.02 Å². The smallest absolute Gasteiger partial charge is 0.151 e. The van der Waals surface area contributed by atoms with E-state index in [0.29, 0.717) is 5.02 Å². The van der Waals surface area contributed by atoms with Gasteiger partial charge in [-0.1, -0.05) is 36.7 Å². The Labute approximate surface area is 116 Å². The van der Waals surface area contributed by atoms with E-state index >= 15 is 0 Å². The van der Waals surface area contributed by atoms with Gasteiger partial charge in [-0.25, -0.2) is 0 Å². The number of ketones is 3. The van der Waals surface area contributed by atoms with Crippen molar-refractivity contribution in [2.24, 2.45) is 5.92 Å². The van der Waals surface area contributed by atoms with Gasteiger partial charge in [-0.3, -0.25) is 14.4 Å². The molecule has 1 aromatic carbocycles. The summed E-state index contributed by atoms with van der Waals surface area (Å²) >= 11 is 6.09. The molecule has 0 N–H and O–H groups in total. The van der Waals surface area contributed by atoms with Crippen molar-refractivity contribution in [2.75, 3.05) is 0 Å². The molecule has 0 unspecified atom stereocenters. The van der Waals surface area contributed by atoms with E-state index in [-0.39, 0.29) is 42.5 Å². The van der Waals surface area contributed by atoms with Crippen LogP contribution in [0.3, 0.4) is 0 Å². The fourth-order valence-corrected chi connectivity index (χ4v) is 2.85. The quantitative estimate of drug-likeness (QED) is 0.799. The maximum Gasteiger partial charge on any atom is 0.151 e. The highest BCUT2D eigenvalue weighted by molar-refractivity contribution is 6.31. The summed E-state index contributed by atoms with van der Waals surface area (Å²) in [6.07, 6.45) is 0.649. The predicted octanol–water partition coefficient (Wildman–Crippen LogP) is 2.95. The lowest BCUT2D eigenvalue weighted by atomic mass is 9.75. The maximum absolute atomic E-state index is 12.0. The number of carbonyl (C=O) groups excluding carboxylic acids is 3. The number of hydrogen-bond donors (Lipinski definition) is 0. The van der Waals surface area contributed by atoms with Gasteiger partial charge in [0, 0.05) is 24.3 Å². The zero-order chi connectivity index (χ0) is 14.0. The summed E-state index contributed by atoms with van der Waals surface area (Å²) in [4.78, 5) is 35.7. The highest BCUT2D eigenvalue weighted by atomic mass is 35.5. The Balaban J connectivity index is 2.23. The van der Waals surface area contributed by atoms with Gasteiger partial charge in [0.05, 0.1) is 0 Å². The molecule has 100 valence electrons. The number of hydrogen-bond acceptors (Lipinski definition) is 3. The number of carbonyl (C=O) groups is 3. The molecule has 3 nitrogen and oxygen atoms in total. The predicted molar refractivity (Wildman–Crippen MR) is 72.2 cm³/mol. The monoisotopic (exact) mass is 278 g/mol. The topological polar surface area (TPSA) is 51.2 Å². The normalized spacial score (nSPS) is 23.5. The summed E-state index contributed by atoms with van der Waals surface area (Å²) in [6.45, 7) is 1.67. The van der Waals surface area contributed by atoms with Crippen molar-refractivity contribution < 1.29 is 14.4 Å². The molecule has 0 bridgehead atoms. The Bertz CT molecular complexity index is 518. The summed E-state index contributed by atoms with van der Waals surface area (Å²) in [6, 6.07) is 7.21. The van der Waals surface area contributed by atoms with Crippen LogP contribution in [-0.4, -0.2) is 17.3 Å². The fourth-order valence-electron chi connectivity index (χ4n) is 2.56. The van der Waals surface area contributed by atoms with Crippen molar-refractivity contribution in [2.45, 2.75) is 32.1 Å². The molecule has 1 saturated carbocycles. The lowest BCUT2D eigenvalue weighted by molar-refractivity contribution is -0.142. The Morgan fingerprint density at radius 2 is 1.79 bits per heavy atom. The van der Waals surface area contributed by atoms with Gasteiger partial charge >= 0.3 is 0 Å². The molecule has 1 fully saturated rings. The molecule has 0 heterocycles. The number of rotatable bonds is 3. The lowest BCUT2D eigenvalue weighted by Crippen LogP contribution is -2.37. The molecule has 1 aliphatic rings. The molecule has 1 aliphatic carbocycles. The number of benzene rings is 1. The molecular formula is C15H15ClO3. The van der Waals surface area contributed by atoms with E-state index in [1.54, 1.807) is 13.0 Å². The standard InChI is InChI=1S/C15H15ClO3/c1-2-12(17)15-13(18)7-9(8-14(15)19)10-5-3-4-6-11(10)16/h3-6,9,15H,2,7-8H2,1H3. The van der Waals surface area contributed by atoms with Gasteiger partial charge in [-0.2, -0.15) is 0 Å². The summed E-state index contributed by atoms with van der Waals surface area (Å²) in [5.41, 5.74) is 0.813. The van der Waals surface area contributed by atoms with E-state index in [1.807, 2.05) is 18.2 Å². The Hall–Kier alpha value is -1.48. The average Bonchev–Trinajstić information content (AvgIpc) is 2.38. The van der Waals surface area contributed by atoms with Gasteiger partial charge in [0.1, 0.15) is 5.92 Å². The van der Waals surface area contributed by atoms with Crippen LogP contribution in [-0.2, 0) is 14.4 Å². The van der Waals surface area contributed by atoms with Crippen LogP contribution in [0.4, 0.5) is 0 Å². The molecule has 19 heavy (non-hydrogen) atoms. The van der Waals surface area contributed by atoms with Crippen LogP contribution in [0.1, 0.15) is 37.7 Å². The van der Waals surface area contributed by atoms with Crippen LogP contribution in [0.5, 0.6) is 0 Å². The molecule has 0 radical (unpaired) electrons. The van der Waals surface area contributed by atoms with Crippen molar-refractivity contribution in [3.63, 3.8) is 0 Å². The second-order valence-electron chi connectivity index (χ2n) is 4.81. The Kier molecular flexibility index (Phi) is 4.15. The Morgan fingerprint density at radius 1 is 1.21 bits per heavy atom. The van der Waals surface area contributed by atoms with Crippen molar-refractivity contribution in [3.8, 4) is 0 Å². The minimum Gasteiger partial charge on any atom is -0.298 e. The highest BCUT2D eigenvalue weighted by Gasteiger charge is 2.39. The first-order valence-electron chi connectivity index (χ1n) is 6.37. The molecule has 0 amide bonds. The largest absolute Gasteiger partial charge is 0.298 e. The molecule has 0 saturated heterocycles. The molecular weight excluding hydrogens is 264 g/mol. The van der Waals surface area contributed by atoms with Crippen LogP contribution in [0.15, 0.2) is 24.3 Å². The minimum absolute atomic E-state index is 0.199. The molecule has 2 rings (SSSR count). The van der Waals surface area contributed by atoms with Gasteiger partial charge in [-0.15, -0.1) is 0 Å². The first-order chi connectivity index (χ1) is 9.04. The van der Waals surface area contributed by atoms with Crippen LogP contribution in [0.25, 0.3) is 0 Å². The fraction of sp³-hybridized carbons (Fsp3) is 0.400. The molecule has 4 heteroatoms. The van der Waals surface area contributed by atoms with Crippen molar-refractivity contribution in [1.82, 2.24) is 0 Å². The molecule has 0 aliphatic heterocycles. The second-order valence-corrected chi connectivity index (χ2v) is 5.22. The van der Waals surface area contributed by atoms with Gasteiger partial charge < -0.3 is 0 Å². The molecule has 0 aromatic heterocycles. The van der Waals surface area contributed by atoms with Gasteiger partial charge in [0.15, 0.2) is 17.3 Å². The van der Waals surface area contributed by atoms with Crippen LogP contribution < -0.4 is 0 Å². The Morgan fingerprint density at radius 3 is 2.32 bits per heavy atom. The van der Waals surface area contributed by atoms with E-state index in [4.69, 9.17) is 11.6 Å². The summed E-state index contributed by atoms with van der Waals surface area (Å²) in [5, 5.41) is 0.563. The van der Waals surface area contributed by atoms with Gasteiger partial charge in [0.2, 0.25) is 0 Å². The third kappa shape index (κ3) is 2.76. The molecule has 0 atom stereocenters. The third-order valence-corrected chi connectivity index (χ3v) is 3.90. The first kappa shape index (κ1) is 13.9. The van der Waals surface area contributed by atoms with E-state index in [1.165, 1.54) is 0 Å². The van der Waals surface area contributed by atoms with Gasteiger partial charge in [0.25, 0.3) is 0 Å². The van der Waals surface area contributed by atoms with Crippen molar-refractivity contribution in [3.05, 3.63) is 34.9 Å². The minimum atomic E-state index is -1.04. The van der Waals surface area contributed by atoms with Gasteiger partial charge in [-0.05, 0) is 17.5 Å². The van der Waals surface area contributed by atoms with Crippen molar-refractivity contribution >= 4 is 29.0 Å². The van der Waals surface area contributed by atoms with Crippen LogP contribution in [0, 0.1) is 5.92 Å². The lowest BCUT2D eigenvalue weighted by Gasteiger charge is -2.26. The first-order valence-corrected chi connectivity index (χ1v) is 6.75. The van der Waals surface area contributed by atoms with Crippen molar-refractivity contribution in [1.29, 1.82) is 0 Å². The zero-order valence-corrected chi connectivity index (χ0v) is 11.4. The molecule has 0 spiro atoms. The summed E-state index contributed by atoms with van der Waals surface area (Å²) in [5.74, 6) is -2.05. The molecule has 1 aromatic rings. The van der Waals surface area contributed by atoms with E-state index in [2.05, 4.69) is 0 Å². The summed E-state index contributed by atoms with van der Waals surface area (Å²) < 4.78 is 0. The van der Waals surface area contributed by atoms with E-state index < -0.39 is 5.92 Å². The van der Waals surface area contributed by atoms with Crippen LogP contribution >= 0.6 is 11.6 Å². The number of Topliss-reactive ketones (excluding diaryl/α,β-unsaturated/α-hetero) is 3. The SMILES string of the molecule is CCC(=O)C1C(=O)CC(c2ccccc2Cl)CC1=O. The number of halogens is 1. The average molecular weight is 279 g/mol. The van der Waals surface area contributed by atoms with E-state index in [0.717, 1.165) is 5.56 Å². The maximum atomic E-state index is 12.0. The van der Waals surface area contributed by atoms with E-state index in [9.17, 15) is 14.4 Å². The highest BCUT2D eigenvalue weighted by Crippen LogP contribution is 2.35. The second kappa shape index (κ2) is 5.66.